The smallest absolute Gasteiger partial charge is 0.135 e. The molecular formula is C11H17N4O2S-. The Morgan fingerprint density at radius 2 is 2.06 bits per heavy atom. The number of nitrogens with one attached hydrogen (secondary N) is 1. The molecule has 0 radical (unpaired) electrons. The number of aryl methyl sites for hydroxylation is 1. The lowest BCUT2D eigenvalue weighted by atomic mass is 10.1. The van der Waals surface area contributed by atoms with E-state index in [2.05, 4.69) is 19.6 Å². The molecule has 1 N–H and O–H groups in total. The molecule has 2 rings (SSSR count). The lowest BCUT2D eigenvalue weighted by Gasteiger charge is -2.34. The van der Waals surface area contributed by atoms with Crippen molar-refractivity contribution in [3.05, 3.63) is 17.6 Å². The molecular weight excluding hydrogens is 252 g/mol. The van der Waals surface area contributed by atoms with E-state index in [1.165, 1.54) is 0 Å². The summed E-state index contributed by atoms with van der Waals surface area (Å²) >= 11 is -2.17. The van der Waals surface area contributed by atoms with Crippen LogP contribution in [0, 0.1) is 13.8 Å². The van der Waals surface area contributed by atoms with Crippen LogP contribution in [-0.4, -0.2) is 37.9 Å². The van der Waals surface area contributed by atoms with Crippen molar-refractivity contribution in [3.63, 3.8) is 0 Å². The lowest BCUT2D eigenvalue weighted by molar-refractivity contribution is 0.444. The summed E-state index contributed by atoms with van der Waals surface area (Å²) < 4.78 is 23.7. The van der Waals surface area contributed by atoms with Crippen LogP contribution in [0.3, 0.4) is 0 Å². The number of rotatable bonds is 3. The third kappa shape index (κ3) is 3.04. The highest BCUT2D eigenvalue weighted by Gasteiger charge is 2.21. The Morgan fingerprint density at radius 3 is 2.67 bits per heavy atom. The van der Waals surface area contributed by atoms with Crippen molar-refractivity contribution in [1.82, 2.24) is 14.7 Å². The van der Waals surface area contributed by atoms with Crippen LogP contribution in [-0.2, 0) is 11.3 Å². The van der Waals surface area contributed by atoms with Crippen molar-refractivity contribution >= 4 is 17.1 Å². The van der Waals surface area contributed by atoms with Crippen molar-refractivity contribution in [3.8, 4) is 0 Å². The average molecular weight is 269 g/mol. The maximum atomic E-state index is 10.6. The van der Waals surface area contributed by atoms with Crippen LogP contribution in [0.4, 0.5) is 5.82 Å². The highest BCUT2D eigenvalue weighted by Crippen LogP contribution is 2.22. The first kappa shape index (κ1) is 13.4. The van der Waals surface area contributed by atoms with Gasteiger partial charge in [0.05, 0.1) is 0 Å². The molecule has 1 fully saturated rings. The van der Waals surface area contributed by atoms with Gasteiger partial charge >= 0.3 is 0 Å². The Hall–Kier alpha value is -1.05. The minimum absolute atomic E-state index is 0.0443. The molecule has 6 nitrogen and oxygen atoms in total. The van der Waals surface area contributed by atoms with Gasteiger partial charge in [-0.1, -0.05) is 0 Å². The van der Waals surface area contributed by atoms with Gasteiger partial charge in [-0.05, 0) is 26.7 Å². The largest absolute Gasteiger partial charge is 0.760 e. The summed E-state index contributed by atoms with van der Waals surface area (Å²) in [5.74, 6) is 0.962. The average Bonchev–Trinajstić information content (AvgIpc) is 2.33. The molecule has 0 bridgehead atoms. The predicted octanol–water partition coefficient (Wildman–Crippen LogP) is 0.446. The van der Waals surface area contributed by atoms with Crippen molar-refractivity contribution in [2.45, 2.75) is 32.7 Å². The molecule has 0 saturated carbocycles. The maximum absolute atomic E-state index is 10.6. The number of aromatic nitrogens is 2. The van der Waals surface area contributed by atoms with Crippen LogP contribution in [0.5, 0.6) is 0 Å². The van der Waals surface area contributed by atoms with E-state index < -0.39 is 11.3 Å². The molecule has 1 aromatic heterocycles. The topological polar surface area (TPSA) is 81.2 Å². The quantitative estimate of drug-likeness (QED) is 0.806. The zero-order valence-electron chi connectivity index (χ0n) is 10.5. The third-order valence-corrected chi connectivity index (χ3v) is 3.89. The number of anilines is 1. The second kappa shape index (κ2) is 5.73. The molecule has 1 atom stereocenters. The first-order valence-corrected chi connectivity index (χ1v) is 7.04. The van der Waals surface area contributed by atoms with Gasteiger partial charge in [0, 0.05) is 41.7 Å². The fraction of sp³-hybridized carbons (Fsp3) is 0.636. The monoisotopic (exact) mass is 269 g/mol. The van der Waals surface area contributed by atoms with E-state index in [-0.39, 0.29) is 6.04 Å². The normalized spacial score (nSPS) is 18.9. The Balaban J connectivity index is 2.01. The van der Waals surface area contributed by atoms with Crippen molar-refractivity contribution in [2.75, 3.05) is 18.0 Å². The first-order valence-electron chi connectivity index (χ1n) is 5.96. The number of nitrogens with zero attached hydrogens (tertiary/aromatic N) is 3. The summed E-state index contributed by atoms with van der Waals surface area (Å²) in [6.07, 6.45) is 3.18. The SMILES string of the molecule is Cc1ncnc(N2CCC(NS(=O)[O-])CC2)c1C. The standard InChI is InChI=1S/C11H18N4O2S/c1-8-9(2)12-7-13-11(8)15-5-3-10(4-6-15)14-18(16)17/h7,10,14H,3-6H2,1-2H3,(H,16,17)/p-1. The Bertz CT molecular complexity index is 447. The van der Waals surface area contributed by atoms with Gasteiger partial charge in [-0.2, -0.15) is 0 Å². The van der Waals surface area contributed by atoms with Gasteiger partial charge in [0.2, 0.25) is 0 Å². The molecule has 1 aromatic rings. The molecule has 0 amide bonds. The Labute approximate surface area is 109 Å². The summed E-state index contributed by atoms with van der Waals surface area (Å²) in [5.41, 5.74) is 2.08. The molecule has 0 aliphatic carbocycles. The minimum Gasteiger partial charge on any atom is -0.760 e. The predicted molar refractivity (Wildman–Crippen MR) is 68.8 cm³/mol. The van der Waals surface area contributed by atoms with Crippen molar-refractivity contribution in [2.24, 2.45) is 0 Å². The Morgan fingerprint density at radius 1 is 1.39 bits per heavy atom. The zero-order chi connectivity index (χ0) is 13.1. The first-order chi connectivity index (χ1) is 8.58. The molecule has 7 heteroatoms. The van der Waals surface area contributed by atoms with Gasteiger partial charge < -0.3 is 9.45 Å². The van der Waals surface area contributed by atoms with Gasteiger partial charge in [0.1, 0.15) is 12.1 Å². The van der Waals surface area contributed by atoms with E-state index >= 15 is 0 Å². The van der Waals surface area contributed by atoms with Crippen LogP contribution >= 0.6 is 0 Å². The van der Waals surface area contributed by atoms with Crippen LogP contribution in [0.1, 0.15) is 24.1 Å². The van der Waals surface area contributed by atoms with Gasteiger partial charge in [0.25, 0.3) is 0 Å². The molecule has 0 spiro atoms. The third-order valence-electron chi connectivity index (χ3n) is 3.37. The maximum Gasteiger partial charge on any atom is 0.135 e. The molecule has 1 unspecified atom stereocenters. The molecule has 1 aliphatic rings. The van der Waals surface area contributed by atoms with E-state index in [1.807, 2.05) is 13.8 Å². The summed E-state index contributed by atoms with van der Waals surface area (Å²) in [7, 11) is 0. The fourth-order valence-corrected chi connectivity index (χ4v) is 2.70. The number of piperidine rings is 1. The fourth-order valence-electron chi connectivity index (χ4n) is 2.19. The molecule has 1 aliphatic heterocycles. The summed E-state index contributed by atoms with van der Waals surface area (Å²) in [6.45, 7) is 5.61. The van der Waals surface area contributed by atoms with Crippen molar-refractivity contribution < 1.29 is 8.76 Å². The van der Waals surface area contributed by atoms with Crippen LogP contribution in [0.15, 0.2) is 6.33 Å². The summed E-state index contributed by atoms with van der Waals surface area (Å²) in [4.78, 5) is 10.7. The number of hydrogen-bond donors (Lipinski definition) is 1. The highest BCUT2D eigenvalue weighted by molar-refractivity contribution is 7.77. The molecule has 0 aromatic carbocycles. The summed E-state index contributed by atoms with van der Waals surface area (Å²) in [5, 5.41) is 0. The van der Waals surface area contributed by atoms with Crippen LogP contribution in [0.2, 0.25) is 0 Å². The second-order valence-electron chi connectivity index (χ2n) is 4.52. The molecule has 100 valence electrons. The molecule has 2 heterocycles. The van der Waals surface area contributed by atoms with E-state index in [0.29, 0.717) is 0 Å². The minimum atomic E-state index is -2.17. The van der Waals surface area contributed by atoms with Gasteiger partial charge in [-0.25, -0.2) is 14.7 Å². The molecule has 1 saturated heterocycles. The van der Waals surface area contributed by atoms with Crippen molar-refractivity contribution in [1.29, 1.82) is 0 Å². The van der Waals surface area contributed by atoms with E-state index in [0.717, 1.165) is 43.0 Å². The zero-order valence-corrected chi connectivity index (χ0v) is 11.4. The highest BCUT2D eigenvalue weighted by atomic mass is 32.2. The summed E-state index contributed by atoms with van der Waals surface area (Å²) in [6, 6.07) is 0.0443. The van der Waals surface area contributed by atoms with Gasteiger partial charge in [-0.3, -0.25) is 4.21 Å². The van der Waals surface area contributed by atoms with Crippen LogP contribution in [0.25, 0.3) is 0 Å². The second-order valence-corrected chi connectivity index (χ2v) is 5.23. The van der Waals surface area contributed by atoms with Gasteiger partial charge in [0.15, 0.2) is 0 Å². The molecule has 18 heavy (non-hydrogen) atoms. The van der Waals surface area contributed by atoms with Crippen LogP contribution < -0.4 is 9.62 Å². The van der Waals surface area contributed by atoms with E-state index in [9.17, 15) is 8.76 Å². The lowest BCUT2D eigenvalue weighted by Crippen LogP contribution is -2.43. The van der Waals surface area contributed by atoms with E-state index in [1.54, 1.807) is 6.33 Å². The number of hydrogen-bond acceptors (Lipinski definition) is 5. The Kier molecular flexibility index (Phi) is 4.26. The van der Waals surface area contributed by atoms with Gasteiger partial charge in [-0.15, -0.1) is 0 Å². The van der Waals surface area contributed by atoms with E-state index in [4.69, 9.17) is 0 Å².